The van der Waals surface area contributed by atoms with Crippen LogP contribution in [0.1, 0.15) is 10.4 Å². The van der Waals surface area contributed by atoms with Gasteiger partial charge in [-0.05, 0) is 18.2 Å². The van der Waals surface area contributed by atoms with Crippen molar-refractivity contribution in [2.24, 2.45) is 0 Å². The summed E-state index contributed by atoms with van der Waals surface area (Å²) in [7, 11) is 0. The molecule has 1 aliphatic rings. The van der Waals surface area contributed by atoms with Gasteiger partial charge >= 0.3 is 5.97 Å². The Morgan fingerprint density at radius 2 is 2.26 bits per heavy atom. The minimum Gasteiger partial charge on any atom is -0.482 e. The molecule has 0 saturated carbocycles. The number of nitrogens with one attached hydrogen (secondary N) is 1. The molecule has 96 valence electrons. The predicted octanol–water partition coefficient (Wildman–Crippen LogP) is 1.37. The highest BCUT2D eigenvalue weighted by Gasteiger charge is 2.21. The fourth-order valence-electron chi connectivity index (χ4n) is 1.82. The fraction of sp³-hybridized carbons (Fsp3) is 0.0833. The molecular formula is C12H8N2O5. The molecule has 3 rings (SSSR count). The normalized spacial score (nSPS) is 13.4. The van der Waals surface area contributed by atoms with Crippen LogP contribution in [0.3, 0.4) is 0 Å². The lowest BCUT2D eigenvalue weighted by molar-refractivity contribution is -0.118. The van der Waals surface area contributed by atoms with Gasteiger partial charge in [0.25, 0.3) is 5.91 Å². The molecule has 0 bridgehead atoms. The lowest BCUT2D eigenvalue weighted by Crippen LogP contribution is -2.25. The van der Waals surface area contributed by atoms with Crippen LogP contribution in [-0.4, -0.2) is 28.7 Å². The van der Waals surface area contributed by atoms with Crippen molar-refractivity contribution >= 4 is 17.6 Å². The van der Waals surface area contributed by atoms with Gasteiger partial charge in [-0.25, -0.2) is 4.79 Å². The number of aromatic nitrogens is 1. The lowest BCUT2D eigenvalue weighted by atomic mass is 10.1. The van der Waals surface area contributed by atoms with E-state index >= 15 is 0 Å². The number of nitrogens with zero attached hydrogens (tertiary/aromatic N) is 1. The van der Waals surface area contributed by atoms with Gasteiger partial charge < -0.3 is 19.7 Å². The summed E-state index contributed by atoms with van der Waals surface area (Å²) >= 11 is 0. The average molecular weight is 260 g/mol. The zero-order valence-corrected chi connectivity index (χ0v) is 9.54. The molecule has 0 spiro atoms. The zero-order chi connectivity index (χ0) is 13.4. The van der Waals surface area contributed by atoms with E-state index in [-0.39, 0.29) is 23.8 Å². The first-order chi connectivity index (χ1) is 9.15. The van der Waals surface area contributed by atoms with Gasteiger partial charge in [0.05, 0.1) is 11.9 Å². The molecule has 1 amide bonds. The molecule has 1 aromatic heterocycles. The van der Waals surface area contributed by atoms with Crippen LogP contribution in [-0.2, 0) is 4.79 Å². The van der Waals surface area contributed by atoms with Crippen molar-refractivity contribution < 1.29 is 24.0 Å². The molecule has 2 heterocycles. The predicted molar refractivity (Wildman–Crippen MR) is 63.0 cm³/mol. The number of carbonyl (C=O) groups is 2. The van der Waals surface area contributed by atoms with E-state index in [1.807, 2.05) is 0 Å². The molecule has 19 heavy (non-hydrogen) atoms. The fourth-order valence-corrected chi connectivity index (χ4v) is 1.82. The van der Waals surface area contributed by atoms with Gasteiger partial charge in [-0.15, -0.1) is 0 Å². The summed E-state index contributed by atoms with van der Waals surface area (Å²) < 4.78 is 10.2. The van der Waals surface area contributed by atoms with Gasteiger partial charge in [0.2, 0.25) is 0 Å². The van der Waals surface area contributed by atoms with Crippen molar-refractivity contribution in [3.63, 3.8) is 0 Å². The second kappa shape index (κ2) is 4.13. The van der Waals surface area contributed by atoms with E-state index in [0.717, 1.165) is 6.20 Å². The van der Waals surface area contributed by atoms with E-state index in [1.54, 1.807) is 18.2 Å². The van der Waals surface area contributed by atoms with Crippen LogP contribution in [0.4, 0.5) is 5.69 Å². The number of anilines is 1. The highest BCUT2D eigenvalue weighted by atomic mass is 16.5. The topological polar surface area (TPSA) is 102 Å². The van der Waals surface area contributed by atoms with Crippen molar-refractivity contribution in [3.05, 3.63) is 30.0 Å². The first-order valence-corrected chi connectivity index (χ1v) is 5.40. The van der Waals surface area contributed by atoms with E-state index in [0.29, 0.717) is 17.0 Å². The largest absolute Gasteiger partial charge is 0.482 e. The first kappa shape index (κ1) is 11.3. The standard InChI is InChI=1S/C12H8N2O5/c15-10-5-18-9-2-1-6(3-8(9)14-10)11-7(12(16)17)4-13-19-11/h1-4H,5H2,(H,14,15)(H,16,17). The smallest absolute Gasteiger partial charge is 0.341 e. The summed E-state index contributed by atoms with van der Waals surface area (Å²) in [6, 6.07) is 4.86. The third-order valence-corrected chi connectivity index (χ3v) is 2.68. The minimum absolute atomic E-state index is 0.0327. The second-order valence-electron chi connectivity index (χ2n) is 3.92. The molecule has 0 saturated heterocycles. The van der Waals surface area contributed by atoms with E-state index in [9.17, 15) is 9.59 Å². The number of ether oxygens (including phenoxy) is 1. The van der Waals surface area contributed by atoms with Crippen molar-refractivity contribution in [2.45, 2.75) is 0 Å². The summed E-state index contributed by atoms with van der Waals surface area (Å²) in [4.78, 5) is 22.2. The minimum atomic E-state index is -1.13. The Kier molecular flexibility index (Phi) is 2.45. The SMILES string of the molecule is O=C1COc2ccc(-c3oncc3C(=O)O)cc2N1. The highest BCUT2D eigenvalue weighted by Crippen LogP contribution is 2.33. The van der Waals surface area contributed by atoms with Crippen LogP contribution in [0.25, 0.3) is 11.3 Å². The van der Waals surface area contributed by atoms with Crippen molar-refractivity contribution in [1.82, 2.24) is 5.16 Å². The van der Waals surface area contributed by atoms with Crippen LogP contribution >= 0.6 is 0 Å². The number of aromatic carboxylic acids is 1. The molecule has 1 aliphatic heterocycles. The number of fused-ring (bicyclic) bond motifs is 1. The molecule has 7 heteroatoms. The number of carbonyl (C=O) groups excluding carboxylic acids is 1. The number of carboxylic acid groups (broad SMARTS) is 1. The molecule has 1 aromatic carbocycles. The maximum atomic E-state index is 11.2. The lowest BCUT2D eigenvalue weighted by Gasteiger charge is -2.18. The van der Waals surface area contributed by atoms with Gasteiger partial charge in [0, 0.05) is 5.56 Å². The van der Waals surface area contributed by atoms with Gasteiger partial charge in [-0.1, -0.05) is 5.16 Å². The molecule has 0 radical (unpaired) electrons. The molecule has 2 N–H and O–H groups in total. The van der Waals surface area contributed by atoms with Crippen molar-refractivity contribution in [2.75, 3.05) is 11.9 Å². The van der Waals surface area contributed by atoms with Crippen LogP contribution in [0.5, 0.6) is 5.75 Å². The number of carboxylic acids is 1. The quantitative estimate of drug-likeness (QED) is 0.845. The highest BCUT2D eigenvalue weighted by molar-refractivity contribution is 5.97. The van der Waals surface area contributed by atoms with E-state index in [4.69, 9.17) is 14.4 Å². The molecular weight excluding hydrogens is 252 g/mol. The summed E-state index contributed by atoms with van der Waals surface area (Å²) in [5.74, 6) is -0.732. The van der Waals surface area contributed by atoms with Crippen molar-refractivity contribution in [1.29, 1.82) is 0 Å². The Bertz CT molecular complexity index is 677. The molecule has 2 aromatic rings. The third kappa shape index (κ3) is 1.90. The Morgan fingerprint density at radius 1 is 1.42 bits per heavy atom. The maximum Gasteiger partial charge on any atom is 0.341 e. The second-order valence-corrected chi connectivity index (χ2v) is 3.92. The summed E-state index contributed by atoms with van der Waals surface area (Å²) in [5, 5.41) is 15.1. The molecule has 0 aliphatic carbocycles. The Hall–Kier alpha value is -2.83. The number of benzene rings is 1. The Labute approximate surface area is 106 Å². The Morgan fingerprint density at radius 3 is 3.05 bits per heavy atom. The van der Waals surface area contributed by atoms with Crippen molar-refractivity contribution in [3.8, 4) is 17.1 Å². The van der Waals surface area contributed by atoms with E-state index in [2.05, 4.69) is 10.5 Å². The molecule has 0 unspecified atom stereocenters. The molecule has 0 fully saturated rings. The monoisotopic (exact) mass is 260 g/mol. The molecule has 7 nitrogen and oxygen atoms in total. The average Bonchev–Trinajstić information content (AvgIpc) is 2.87. The third-order valence-electron chi connectivity index (χ3n) is 2.68. The number of hydrogen-bond acceptors (Lipinski definition) is 5. The van der Waals surface area contributed by atoms with Gasteiger partial charge in [0.1, 0.15) is 11.3 Å². The van der Waals surface area contributed by atoms with Crippen LogP contribution in [0, 0.1) is 0 Å². The van der Waals surface area contributed by atoms with Crippen LogP contribution in [0.15, 0.2) is 28.9 Å². The summed E-state index contributed by atoms with van der Waals surface area (Å²) in [5.41, 5.74) is 0.934. The number of hydrogen-bond donors (Lipinski definition) is 2. The van der Waals surface area contributed by atoms with Gasteiger partial charge in [-0.3, -0.25) is 4.79 Å². The summed E-state index contributed by atoms with van der Waals surface area (Å²) in [6.07, 6.45) is 1.13. The van der Waals surface area contributed by atoms with Gasteiger partial charge in [-0.2, -0.15) is 0 Å². The Balaban J connectivity index is 2.07. The maximum absolute atomic E-state index is 11.2. The van der Waals surface area contributed by atoms with E-state index < -0.39 is 5.97 Å². The van der Waals surface area contributed by atoms with E-state index in [1.165, 1.54) is 0 Å². The number of rotatable bonds is 2. The first-order valence-electron chi connectivity index (χ1n) is 5.40. The van der Waals surface area contributed by atoms with Crippen LogP contribution in [0.2, 0.25) is 0 Å². The zero-order valence-electron chi connectivity index (χ0n) is 9.54. The summed E-state index contributed by atoms with van der Waals surface area (Å²) in [6.45, 7) is -0.0327. The van der Waals surface area contributed by atoms with Gasteiger partial charge in [0.15, 0.2) is 12.4 Å². The molecule has 0 atom stereocenters. The van der Waals surface area contributed by atoms with Crippen LogP contribution < -0.4 is 10.1 Å². The number of amides is 1.